The van der Waals surface area contributed by atoms with Gasteiger partial charge in [0, 0.05) is 5.69 Å². The van der Waals surface area contributed by atoms with E-state index >= 15 is 0 Å². The summed E-state index contributed by atoms with van der Waals surface area (Å²) >= 11 is 10.5. The lowest BCUT2D eigenvalue weighted by atomic mass is 10.3. The first-order chi connectivity index (χ1) is 8.06. The summed E-state index contributed by atoms with van der Waals surface area (Å²) in [5.41, 5.74) is 6.70. The Kier molecular flexibility index (Phi) is 3.71. The number of hydrogen-bond acceptors (Lipinski definition) is 3. The van der Waals surface area contributed by atoms with Gasteiger partial charge in [0.1, 0.15) is 0 Å². The van der Waals surface area contributed by atoms with E-state index in [9.17, 15) is 4.79 Å². The van der Waals surface area contributed by atoms with Crippen molar-refractivity contribution < 1.29 is 4.79 Å². The Morgan fingerprint density at radius 1 is 1.35 bits per heavy atom. The van der Waals surface area contributed by atoms with Gasteiger partial charge in [0.15, 0.2) is 0 Å². The van der Waals surface area contributed by atoms with Crippen LogP contribution in [0.15, 0.2) is 34.1 Å². The van der Waals surface area contributed by atoms with Crippen LogP contribution in [0.3, 0.4) is 0 Å². The first kappa shape index (κ1) is 12.4. The van der Waals surface area contributed by atoms with Crippen LogP contribution < -0.4 is 11.1 Å². The molecule has 0 saturated heterocycles. The van der Waals surface area contributed by atoms with E-state index in [0.717, 1.165) is 3.79 Å². The Morgan fingerprint density at radius 2 is 2.12 bits per heavy atom. The van der Waals surface area contributed by atoms with Crippen LogP contribution in [0.1, 0.15) is 9.67 Å². The number of nitrogen functional groups attached to an aromatic ring is 1. The Labute approximate surface area is 116 Å². The van der Waals surface area contributed by atoms with E-state index in [0.29, 0.717) is 21.3 Å². The number of anilines is 2. The summed E-state index contributed by atoms with van der Waals surface area (Å²) in [5, 5.41) is 3.18. The van der Waals surface area contributed by atoms with Crippen LogP contribution in [0.5, 0.6) is 0 Å². The molecule has 1 aromatic carbocycles. The highest BCUT2D eigenvalue weighted by Gasteiger charge is 2.09. The molecular weight excluding hydrogens is 324 g/mol. The van der Waals surface area contributed by atoms with Gasteiger partial charge >= 0.3 is 0 Å². The second kappa shape index (κ2) is 5.08. The first-order valence-electron chi connectivity index (χ1n) is 4.68. The van der Waals surface area contributed by atoms with Crippen molar-refractivity contribution in [1.29, 1.82) is 0 Å². The van der Waals surface area contributed by atoms with Crippen molar-refractivity contribution in [2.24, 2.45) is 0 Å². The van der Waals surface area contributed by atoms with E-state index in [1.54, 1.807) is 24.3 Å². The summed E-state index contributed by atoms with van der Waals surface area (Å²) in [6.45, 7) is 0. The molecule has 0 unspecified atom stereocenters. The molecule has 17 heavy (non-hydrogen) atoms. The van der Waals surface area contributed by atoms with Crippen LogP contribution in [-0.2, 0) is 0 Å². The van der Waals surface area contributed by atoms with Crippen molar-refractivity contribution in [3.05, 3.63) is 44.0 Å². The third kappa shape index (κ3) is 3.00. The topological polar surface area (TPSA) is 55.1 Å². The van der Waals surface area contributed by atoms with E-state index in [2.05, 4.69) is 21.2 Å². The molecule has 0 saturated carbocycles. The molecule has 0 aliphatic rings. The maximum atomic E-state index is 11.8. The number of nitrogens with two attached hydrogens (primary N) is 1. The highest BCUT2D eigenvalue weighted by Crippen LogP contribution is 2.25. The number of benzene rings is 1. The fraction of sp³-hybridized carbons (Fsp3) is 0. The molecule has 0 fully saturated rings. The molecule has 88 valence electrons. The maximum absolute atomic E-state index is 11.8. The molecule has 6 heteroatoms. The van der Waals surface area contributed by atoms with Gasteiger partial charge in [-0.1, -0.05) is 11.6 Å². The number of halogens is 2. The van der Waals surface area contributed by atoms with Crippen molar-refractivity contribution in [2.75, 3.05) is 11.1 Å². The van der Waals surface area contributed by atoms with Crippen LogP contribution in [-0.4, -0.2) is 5.91 Å². The third-order valence-electron chi connectivity index (χ3n) is 2.06. The summed E-state index contributed by atoms with van der Waals surface area (Å²) in [6.07, 6.45) is 0. The van der Waals surface area contributed by atoms with Gasteiger partial charge in [0.05, 0.1) is 19.4 Å². The summed E-state index contributed by atoms with van der Waals surface area (Å²) in [5.74, 6) is -0.165. The Balaban J connectivity index is 2.15. The van der Waals surface area contributed by atoms with Crippen molar-refractivity contribution >= 4 is 56.1 Å². The number of rotatable bonds is 2. The third-order valence-corrected chi connectivity index (χ3v) is 4.01. The van der Waals surface area contributed by atoms with Crippen LogP contribution >= 0.6 is 38.9 Å². The van der Waals surface area contributed by atoms with E-state index in [1.165, 1.54) is 11.3 Å². The molecule has 1 amide bonds. The fourth-order valence-electron chi connectivity index (χ4n) is 1.23. The van der Waals surface area contributed by atoms with Crippen molar-refractivity contribution in [2.45, 2.75) is 0 Å². The van der Waals surface area contributed by atoms with Crippen molar-refractivity contribution in [3.63, 3.8) is 0 Å². The Morgan fingerprint density at radius 3 is 2.71 bits per heavy atom. The van der Waals surface area contributed by atoms with Crippen molar-refractivity contribution in [3.8, 4) is 0 Å². The van der Waals surface area contributed by atoms with E-state index < -0.39 is 0 Å². The lowest BCUT2D eigenvalue weighted by Crippen LogP contribution is -2.10. The summed E-state index contributed by atoms with van der Waals surface area (Å²) < 4.78 is 0.915. The number of nitrogens with one attached hydrogen (secondary N) is 1. The monoisotopic (exact) mass is 330 g/mol. The Hall–Kier alpha value is -1.04. The predicted octanol–water partition coefficient (Wildman–Crippen LogP) is 4.00. The summed E-state index contributed by atoms with van der Waals surface area (Å²) in [6, 6.07) is 8.57. The standard InChI is InChI=1S/C11H8BrClN2OS/c12-10-4-3-9(17-10)11(16)15-6-1-2-8(14)7(13)5-6/h1-5H,14H2,(H,15,16). The molecule has 3 nitrogen and oxygen atoms in total. The second-order valence-electron chi connectivity index (χ2n) is 3.29. The number of thiophene rings is 1. The molecule has 0 aliphatic carbocycles. The van der Waals surface area contributed by atoms with Crippen LogP contribution in [0.4, 0.5) is 11.4 Å². The average molecular weight is 332 g/mol. The van der Waals surface area contributed by atoms with Gasteiger partial charge in [-0.15, -0.1) is 11.3 Å². The van der Waals surface area contributed by atoms with E-state index in [4.69, 9.17) is 17.3 Å². The minimum absolute atomic E-state index is 0.165. The largest absolute Gasteiger partial charge is 0.398 e. The second-order valence-corrected chi connectivity index (χ2v) is 6.16. The smallest absolute Gasteiger partial charge is 0.265 e. The minimum atomic E-state index is -0.165. The number of amides is 1. The van der Waals surface area contributed by atoms with Crippen molar-refractivity contribution in [1.82, 2.24) is 0 Å². The lowest BCUT2D eigenvalue weighted by Gasteiger charge is -2.05. The van der Waals surface area contributed by atoms with E-state index in [1.807, 2.05) is 6.07 Å². The van der Waals surface area contributed by atoms with Gasteiger partial charge in [-0.3, -0.25) is 4.79 Å². The van der Waals surface area contributed by atoms with Gasteiger partial charge in [0.25, 0.3) is 5.91 Å². The zero-order chi connectivity index (χ0) is 12.4. The molecule has 2 rings (SSSR count). The number of hydrogen-bond donors (Lipinski definition) is 2. The summed E-state index contributed by atoms with van der Waals surface area (Å²) in [7, 11) is 0. The molecule has 1 aromatic heterocycles. The minimum Gasteiger partial charge on any atom is -0.398 e. The van der Waals surface area contributed by atoms with Gasteiger partial charge in [0.2, 0.25) is 0 Å². The van der Waals surface area contributed by atoms with Gasteiger partial charge in [-0.2, -0.15) is 0 Å². The lowest BCUT2D eigenvalue weighted by molar-refractivity contribution is 0.103. The van der Waals surface area contributed by atoms with Crippen LogP contribution in [0.25, 0.3) is 0 Å². The molecule has 1 heterocycles. The molecule has 0 spiro atoms. The highest BCUT2D eigenvalue weighted by atomic mass is 79.9. The molecule has 0 radical (unpaired) electrons. The van der Waals surface area contributed by atoms with Gasteiger partial charge in [-0.25, -0.2) is 0 Å². The molecule has 0 aliphatic heterocycles. The zero-order valence-corrected chi connectivity index (χ0v) is 11.7. The first-order valence-corrected chi connectivity index (χ1v) is 6.67. The molecule has 0 bridgehead atoms. The maximum Gasteiger partial charge on any atom is 0.265 e. The fourth-order valence-corrected chi connectivity index (χ4v) is 2.70. The van der Waals surface area contributed by atoms with Crippen LogP contribution in [0.2, 0.25) is 5.02 Å². The average Bonchev–Trinajstić information content (AvgIpc) is 2.70. The molecular formula is C11H8BrClN2OS. The molecule has 0 atom stereocenters. The van der Waals surface area contributed by atoms with Gasteiger partial charge in [-0.05, 0) is 46.3 Å². The summed E-state index contributed by atoms with van der Waals surface area (Å²) in [4.78, 5) is 12.5. The molecule has 2 aromatic rings. The quantitative estimate of drug-likeness (QED) is 0.817. The predicted molar refractivity (Wildman–Crippen MR) is 75.8 cm³/mol. The Bertz CT molecular complexity index is 570. The van der Waals surface area contributed by atoms with Crippen LogP contribution in [0, 0.1) is 0 Å². The zero-order valence-electron chi connectivity index (χ0n) is 8.54. The number of carbonyl (C=O) groups is 1. The highest BCUT2D eigenvalue weighted by molar-refractivity contribution is 9.11. The van der Waals surface area contributed by atoms with Gasteiger partial charge < -0.3 is 11.1 Å². The molecule has 3 N–H and O–H groups in total. The SMILES string of the molecule is Nc1ccc(NC(=O)c2ccc(Br)s2)cc1Cl. The normalized spacial score (nSPS) is 10.2. The van der Waals surface area contributed by atoms with E-state index in [-0.39, 0.29) is 5.91 Å². The number of carbonyl (C=O) groups excluding carboxylic acids is 1.